The van der Waals surface area contributed by atoms with Gasteiger partial charge in [0.1, 0.15) is 0 Å². The number of halogens is 1. The summed E-state index contributed by atoms with van der Waals surface area (Å²) >= 11 is 0. The summed E-state index contributed by atoms with van der Waals surface area (Å²) in [5, 5.41) is 0. The van der Waals surface area contributed by atoms with E-state index >= 15 is 0 Å². The fourth-order valence-electron chi connectivity index (χ4n) is 1.04. The van der Waals surface area contributed by atoms with Crippen LogP contribution < -0.4 is 0 Å². The van der Waals surface area contributed by atoms with Crippen LogP contribution in [0.2, 0.25) is 0 Å². The predicted molar refractivity (Wildman–Crippen MR) is 54.9 cm³/mol. The molecule has 14 heavy (non-hydrogen) atoms. The van der Waals surface area contributed by atoms with Gasteiger partial charge in [-0.05, 0) is 24.6 Å². The molecular weight excluding hydrogens is 224 g/mol. The summed E-state index contributed by atoms with van der Waals surface area (Å²) in [5.74, 6) is 0. The van der Waals surface area contributed by atoms with E-state index in [4.69, 9.17) is 15.4 Å². The summed E-state index contributed by atoms with van der Waals surface area (Å²) in [7, 11) is 3.14. The molecule has 0 radical (unpaired) electrons. The molecule has 0 bridgehead atoms. The van der Waals surface area contributed by atoms with Crippen LogP contribution in [0, 0.1) is 0 Å². The summed E-state index contributed by atoms with van der Waals surface area (Å²) in [4.78, 5) is 0.103. The zero-order valence-corrected chi connectivity index (χ0v) is 9.47. The van der Waals surface area contributed by atoms with Crippen molar-refractivity contribution in [2.75, 3.05) is 7.11 Å². The van der Waals surface area contributed by atoms with E-state index in [1.54, 1.807) is 19.2 Å². The molecule has 1 atom stereocenters. The monoisotopic (exact) mass is 234 g/mol. The molecule has 0 heterocycles. The Bertz CT molecular complexity index is 397. The van der Waals surface area contributed by atoms with Gasteiger partial charge >= 0.3 is 0 Å². The first-order valence-corrected chi connectivity index (χ1v) is 6.33. The molecule has 0 N–H and O–H groups in total. The van der Waals surface area contributed by atoms with Crippen LogP contribution in [0.15, 0.2) is 29.2 Å². The van der Waals surface area contributed by atoms with Gasteiger partial charge in [0.2, 0.25) is 0 Å². The highest BCUT2D eigenvalue weighted by atomic mass is 35.7. The average molecular weight is 235 g/mol. The number of methoxy groups -OCH3 is 1. The number of rotatable bonds is 3. The lowest BCUT2D eigenvalue weighted by atomic mass is 10.1. The Morgan fingerprint density at radius 1 is 1.29 bits per heavy atom. The zero-order chi connectivity index (χ0) is 10.8. The molecular formula is C9H11ClO3S. The van der Waals surface area contributed by atoms with Crippen molar-refractivity contribution in [3.63, 3.8) is 0 Å². The van der Waals surface area contributed by atoms with Crippen molar-refractivity contribution in [1.82, 2.24) is 0 Å². The summed E-state index contributed by atoms with van der Waals surface area (Å²) < 4.78 is 26.9. The highest BCUT2D eigenvalue weighted by molar-refractivity contribution is 8.13. The molecule has 0 aliphatic carbocycles. The Morgan fingerprint density at radius 2 is 1.79 bits per heavy atom. The third kappa shape index (κ3) is 2.70. The van der Waals surface area contributed by atoms with Gasteiger partial charge in [-0.3, -0.25) is 0 Å². The second kappa shape index (κ2) is 4.29. The molecule has 1 aromatic carbocycles. The van der Waals surface area contributed by atoms with Gasteiger partial charge in [-0.25, -0.2) is 8.42 Å². The first kappa shape index (κ1) is 11.5. The first-order chi connectivity index (χ1) is 6.45. The maximum Gasteiger partial charge on any atom is 0.261 e. The molecule has 0 amide bonds. The maximum absolute atomic E-state index is 10.9. The second-order valence-corrected chi connectivity index (χ2v) is 5.45. The van der Waals surface area contributed by atoms with Crippen LogP contribution in [0.5, 0.6) is 0 Å². The number of hydrogen-bond donors (Lipinski definition) is 0. The molecule has 0 saturated heterocycles. The topological polar surface area (TPSA) is 43.4 Å². The van der Waals surface area contributed by atoms with E-state index in [1.165, 1.54) is 12.1 Å². The van der Waals surface area contributed by atoms with E-state index < -0.39 is 9.05 Å². The van der Waals surface area contributed by atoms with Crippen LogP contribution in [0.25, 0.3) is 0 Å². The van der Waals surface area contributed by atoms with E-state index in [0.717, 1.165) is 5.56 Å². The van der Waals surface area contributed by atoms with Gasteiger partial charge in [-0.1, -0.05) is 12.1 Å². The van der Waals surface area contributed by atoms with Crippen LogP contribution in [0.4, 0.5) is 0 Å². The summed E-state index contributed by atoms with van der Waals surface area (Å²) in [6.07, 6.45) is -0.0536. The lowest BCUT2D eigenvalue weighted by molar-refractivity contribution is 0.119. The summed E-state index contributed by atoms with van der Waals surface area (Å²) in [5.41, 5.74) is 0.913. The third-order valence-electron chi connectivity index (χ3n) is 1.98. The zero-order valence-electron chi connectivity index (χ0n) is 7.90. The van der Waals surface area contributed by atoms with Crippen LogP contribution in [0.1, 0.15) is 18.6 Å². The SMILES string of the molecule is CO[C@H](C)c1ccc(S(=O)(=O)Cl)cc1. The molecule has 0 aromatic heterocycles. The highest BCUT2D eigenvalue weighted by Crippen LogP contribution is 2.20. The molecule has 0 saturated carbocycles. The van der Waals surface area contributed by atoms with Crippen molar-refractivity contribution in [3.05, 3.63) is 29.8 Å². The molecule has 3 nitrogen and oxygen atoms in total. The molecule has 1 aromatic rings. The van der Waals surface area contributed by atoms with Crippen molar-refractivity contribution >= 4 is 19.7 Å². The Morgan fingerprint density at radius 3 is 2.14 bits per heavy atom. The van der Waals surface area contributed by atoms with Crippen LogP contribution in [-0.4, -0.2) is 15.5 Å². The summed E-state index contributed by atoms with van der Waals surface area (Å²) in [6.45, 7) is 1.88. The van der Waals surface area contributed by atoms with E-state index in [-0.39, 0.29) is 11.0 Å². The second-order valence-electron chi connectivity index (χ2n) is 2.88. The van der Waals surface area contributed by atoms with Crippen molar-refractivity contribution < 1.29 is 13.2 Å². The van der Waals surface area contributed by atoms with Crippen molar-refractivity contribution in [1.29, 1.82) is 0 Å². The van der Waals surface area contributed by atoms with Crippen LogP contribution in [-0.2, 0) is 13.8 Å². The van der Waals surface area contributed by atoms with Crippen molar-refractivity contribution in [2.24, 2.45) is 0 Å². The van der Waals surface area contributed by atoms with Gasteiger partial charge in [0.25, 0.3) is 9.05 Å². The Labute approximate surface area is 88.1 Å². The highest BCUT2D eigenvalue weighted by Gasteiger charge is 2.10. The minimum atomic E-state index is -3.62. The number of benzene rings is 1. The van der Waals surface area contributed by atoms with E-state index in [9.17, 15) is 8.42 Å². The van der Waals surface area contributed by atoms with Gasteiger partial charge in [0, 0.05) is 17.8 Å². The van der Waals surface area contributed by atoms with E-state index in [1.807, 2.05) is 6.92 Å². The van der Waals surface area contributed by atoms with Crippen molar-refractivity contribution in [3.8, 4) is 0 Å². The first-order valence-electron chi connectivity index (χ1n) is 4.02. The van der Waals surface area contributed by atoms with Gasteiger partial charge < -0.3 is 4.74 Å². The Hall–Kier alpha value is -0.580. The maximum atomic E-state index is 10.9. The fourth-order valence-corrected chi connectivity index (χ4v) is 1.81. The third-order valence-corrected chi connectivity index (χ3v) is 3.35. The molecule has 0 fully saturated rings. The van der Waals surface area contributed by atoms with Crippen molar-refractivity contribution in [2.45, 2.75) is 17.9 Å². The smallest absolute Gasteiger partial charge is 0.261 e. The van der Waals surface area contributed by atoms with Gasteiger partial charge in [0.05, 0.1) is 11.0 Å². The van der Waals surface area contributed by atoms with Crippen LogP contribution in [0.3, 0.4) is 0 Å². The largest absolute Gasteiger partial charge is 0.377 e. The molecule has 78 valence electrons. The minimum Gasteiger partial charge on any atom is -0.377 e. The number of hydrogen-bond acceptors (Lipinski definition) is 3. The fraction of sp³-hybridized carbons (Fsp3) is 0.333. The quantitative estimate of drug-likeness (QED) is 0.754. The van der Waals surface area contributed by atoms with Gasteiger partial charge in [-0.2, -0.15) is 0 Å². The molecule has 0 aliphatic heterocycles. The Balaban J connectivity index is 3.01. The standard InChI is InChI=1S/C9H11ClO3S/c1-7(13-2)8-3-5-9(6-4-8)14(10,11)12/h3-7H,1-2H3/t7-/m1/s1. The molecule has 5 heteroatoms. The molecule has 0 spiro atoms. The normalized spacial score (nSPS) is 13.9. The Kier molecular flexibility index (Phi) is 3.53. The minimum absolute atomic E-state index is 0.0536. The average Bonchev–Trinajstić information content (AvgIpc) is 2.15. The van der Waals surface area contributed by atoms with E-state index in [0.29, 0.717) is 0 Å². The van der Waals surface area contributed by atoms with Gasteiger partial charge in [-0.15, -0.1) is 0 Å². The van der Waals surface area contributed by atoms with E-state index in [2.05, 4.69) is 0 Å². The molecule has 1 rings (SSSR count). The summed E-state index contributed by atoms with van der Waals surface area (Å²) in [6, 6.07) is 6.30. The lowest BCUT2D eigenvalue weighted by Gasteiger charge is -2.09. The lowest BCUT2D eigenvalue weighted by Crippen LogP contribution is -1.97. The van der Waals surface area contributed by atoms with Crippen LogP contribution >= 0.6 is 10.7 Å². The van der Waals surface area contributed by atoms with Gasteiger partial charge in [0.15, 0.2) is 0 Å². The molecule has 0 aliphatic rings. The predicted octanol–water partition coefficient (Wildman–Crippen LogP) is 2.32. The number of ether oxygens (including phenoxy) is 1. The molecule has 0 unspecified atom stereocenters.